The second-order valence-corrected chi connectivity index (χ2v) is 6.31. The van der Waals surface area contributed by atoms with Gasteiger partial charge in [0.1, 0.15) is 5.92 Å². The van der Waals surface area contributed by atoms with Crippen LogP contribution < -0.4 is 0 Å². The van der Waals surface area contributed by atoms with Crippen LogP contribution in [0, 0.1) is 5.92 Å². The first-order chi connectivity index (χ1) is 12.6. The van der Waals surface area contributed by atoms with Crippen molar-refractivity contribution in [3.05, 3.63) is 71.8 Å². The minimum Gasteiger partial charge on any atom is -0.453 e. The Bertz CT molecular complexity index is 737. The Morgan fingerprint density at radius 2 is 1.42 bits per heavy atom. The number of hydrogen-bond donors (Lipinski definition) is 0. The molecule has 5 nitrogen and oxygen atoms in total. The van der Waals surface area contributed by atoms with Crippen LogP contribution in [0.1, 0.15) is 33.6 Å². The molecule has 1 atom stereocenters. The molecule has 0 saturated carbocycles. The third-order valence-corrected chi connectivity index (χ3v) is 4.77. The molecule has 2 aromatic carbocycles. The molecule has 1 heterocycles. The van der Waals surface area contributed by atoms with Gasteiger partial charge in [-0.1, -0.05) is 60.7 Å². The molecule has 5 heteroatoms. The zero-order chi connectivity index (χ0) is 18.5. The van der Waals surface area contributed by atoms with Gasteiger partial charge in [-0.2, -0.15) is 0 Å². The SMILES string of the molecule is COC(=O)N1CCCC1C(C(=O)c1ccccc1)C(=O)c1ccccc1. The van der Waals surface area contributed by atoms with Crippen LogP contribution in [0.4, 0.5) is 4.79 Å². The van der Waals surface area contributed by atoms with E-state index in [1.165, 1.54) is 12.0 Å². The van der Waals surface area contributed by atoms with Crippen molar-refractivity contribution in [3.8, 4) is 0 Å². The lowest BCUT2D eigenvalue weighted by Crippen LogP contribution is -2.46. The summed E-state index contributed by atoms with van der Waals surface area (Å²) in [4.78, 5) is 40.0. The van der Waals surface area contributed by atoms with Gasteiger partial charge in [0.15, 0.2) is 11.6 Å². The largest absolute Gasteiger partial charge is 0.453 e. The highest BCUT2D eigenvalue weighted by Crippen LogP contribution is 2.30. The molecule has 1 amide bonds. The number of methoxy groups -OCH3 is 1. The molecule has 0 radical (unpaired) electrons. The van der Waals surface area contributed by atoms with Gasteiger partial charge >= 0.3 is 6.09 Å². The van der Waals surface area contributed by atoms with E-state index in [4.69, 9.17) is 4.74 Å². The first kappa shape index (κ1) is 17.9. The lowest BCUT2D eigenvalue weighted by Gasteiger charge is -2.29. The Morgan fingerprint density at radius 3 is 1.88 bits per heavy atom. The number of benzene rings is 2. The number of nitrogens with zero attached hydrogens (tertiary/aromatic N) is 1. The average Bonchev–Trinajstić information content (AvgIpc) is 3.18. The summed E-state index contributed by atoms with van der Waals surface area (Å²) in [6, 6.07) is 17.0. The van der Waals surface area contributed by atoms with Gasteiger partial charge < -0.3 is 9.64 Å². The first-order valence-electron chi connectivity index (χ1n) is 8.66. The number of ether oxygens (including phenoxy) is 1. The molecule has 0 aliphatic carbocycles. The van der Waals surface area contributed by atoms with Gasteiger partial charge in [-0.25, -0.2) is 4.79 Å². The van der Waals surface area contributed by atoms with Crippen molar-refractivity contribution in [2.45, 2.75) is 18.9 Å². The highest BCUT2D eigenvalue weighted by atomic mass is 16.5. The summed E-state index contributed by atoms with van der Waals surface area (Å²) in [5.74, 6) is -1.47. The van der Waals surface area contributed by atoms with Crippen LogP contribution in [0.3, 0.4) is 0 Å². The van der Waals surface area contributed by atoms with Gasteiger partial charge in [-0.15, -0.1) is 0 Å². The number of rotatable bonds is 5. The van der Waals surface area contributed by atoms with Gasteiger partial charge in [-0.05, 0) is 12.8 Å². The molecule has 2 aromatic rings. The fraction of sp³-hybridized carbons (Fsp3) is 0.286. The Labute approximate surface area is 152 Å². The lowest BCUT2D eigenvalue weighted by molar-refractivity contribution is 0.0684. The predicted octanol–water partition coefficient (Wildman–Crippen LogP) is 3.60. The molecule has 134 valence electrons. The number of amides is 1. The van der Waals surface area contributed by atoms with E-state index in [9.17, 15) is 14.4 Å². The van der Waals surface area contributed by atoms with E-state index in [2.05, 4.69) is 0 Å². The molecule has 1 saturated heterocycles. The molecule has 3 rings (SSSR count). The highest BCUT2D eigenvalue weighted by molar-refractivity contribution is 6.16. The Morgan fingerprint density at radius 1 is 0.923 bits per heavy atom. The minimum atomic E-state index is -0.943. The summed E-state index contributed by atoms with van der Waals surface area (Å²) in [7, 11) is 1.31. The average molecular weight is 351 g/mol. The summed E-state index contributed by atoms with van der Waals surface area (Å²) in [5.41, 5.74) is 0.942. The fourth-order valence-corrected chi connectivity index (χ4v) is 3.52. The highest BCUT2D eigenvalue weighted by Gasteiger charge is 2.43. The molecule has 1 unspecified atom stereocenters. The summed E-state index contributed by atoms with van der Waals surface area (Å²) in [6.45, 7) is 0.484. The van der Waals surface area contributed by atoms with Crippen LogP contribution in [0.25, 0.3) is 0 Å². The molecule has 1 fully saturated rings. The third-order valence-electron chi connectivity index (χ3n) is 4.77. The number of Topliss-reactive ketones (excluding diaryl/α,β-unsaturated/α-hetero) is 2. The van der Waals surface area contributed by atoms with E-state index >= 15 is 0 Å². The number of carbonyl (C=O) groups is 3. The second kappa shape index (κ2) is 7.95. The molecule has 1 aliphatic heterocycles. The van der Waals surface area contributed by atoms with E-state index in [0.29, 0.717) is 24.1 Å². The molecule has 26 heavy (non-hydrogen) atoms. The fourth-order valence-electron chi connectivity index (χ4n) is 3.52. The standard InChI is InChI=1S/C21H21NO4/c1-26-21(25)22-14-8-13-17(22)18(19(23)15-9-4-2-5-10-15)20(24)16-11-6-3-7-12-16/h2-7,9-12,17-18H,8,13-14H2,1H3. The Hall–Kier alpha value is -2.95. The van der Waals surface area contributed by atoms with Crippen LogP contribution in [0.15, 0.2) is 60.7 Å². The molecule has 1 aliphatic rings. The summed E-state index contributed by atoms with van der Waals surface area (Å²) >= 11 is 0. The van der Waals surface area contributed by atoms with Crippen molar-refractivity contribution in [1.82, 2.24) is 4.90 Å². The van der Waals surface area contributed by atoms with E-state index in [-0.39, 0.29) is 11.6 Å². The van der Waals surface area contributed by atoms with Crippen molar-refractivity contribution < 1.29 is 19.1 Å². The summed E-state index contributed by atoms with van der Waals surface area (Å²) in [6.07, 6.45) is 0.830. The van der Waals surface area contributed by atoms with Gasteiger partial charge in [0, 0.05) is 17.7 Å². The zero-order valence-corrected chi connectivity index (χ0v) is 14.6. The first-order valence-corrected chi connectivity index (χ1v) is 8.66. The second-order valence-electron chi connectivity index (χ2n) is 6.31. The van der Waals surface area contributed by atoms with Gasteiger partial charge in [0.2, 0.25) is 0 Å². The quantitative estimate of drug-likeness (QED) is 0.610. The molecule has 0 aromatic heterocycles. The van der Waals surface area contributed by atoms with Crippen molar-refractivity contribution in [3.63, 3.8) is 0 Å². The number of hydrogen-bond acceptors (Lipinski definition) is 4. The monoisotopic (exact) mass is 351 g/mol. The smallest absolute Gasteiger partial charge is 0.409 e. The van der Waals surface area contributed by atoms with Crippen LogP contribution in [-0.4, -0.2) is 42.3 Å². The maximum absolute atomic E-state index is 13.2. The summed E-state index contributed by atoms with van der Waals surface area (Å²) in [5, 5.41) is 0. The number of carbonyl (C=O) groups excluding carboxylic acids is 3. The Kier molecular flexibility index (Phi) is 5.46. The molecule has 0 bridgehead atoms. The third kappa shape index (κ3) is 3.52. The lowest BCUT2D eigenvalue weighted by atomic mass is 9.83. The summed E-state index contributed by atoms with van der Waals surface area (Å²) < 4.78 is 4.85. The van der Waals surface area contributed by atoms with Crippen molar-refractivity contribution in [2.24, 2.45) is 5.92 Å². The number of ketones is 2. The van der Waals surface area contributed by atoms with Crippen LogP contribution >= 0.6 is 0 Å². The minimum absolute atomic E-state index is 0.264. The van der Waals surface area contributed by atoms with E-state index in [1.54, 1.807) is 48.5 Å². The van der Waals surface area contributed by atoms with E-state index in [0.717, 1.165) is 6.42 Å². The molecule has 0 spiro atoms. The van der Waals surface area contributed by atoms with Crippen LogP contribution in [-0.2, 0) is 4.74 Å². The topological polar surface area (TPSA) is 63.7 Å². The Balaban J connectivity index is 2.00. The normalized spacial score (nSPS) is 16.5. The van der Waals surface area contributed by atoms with Crippen molar-refractivity contribution >= 4 is 17.7 Å². The zero-order valence-electron chi connectivity index (χ0n) is 14.6. The maximum atomic E-state index is 13.2. The van der Waals surface area contributed by atoms with Crippen LogP contribution in [0.2, 0.25) is 0 Å². The number of likely N-dealkylation sites (tertiary alicyclic amines) is 1. The van der Waals surface area contributed by atoms with Gasteiger partial charge in [0.05, 0.1) is 13.2 Å². The van der Waals surface area contributed by atoms with Crippen molar-refractivity contribution in [1.29, 1.82) is 0 Å². The molecule has 0 N–H and O–H groups in total. The molecular weight excluding hydrogens is 330 g/mol. The van der Waals surface area contributed by atoms with Crippen molar-refractivity contribution in [2.75, 3.05) is 13.7 Å². The van der Waals surface area contributed by atoms with E-state index < -0.39 is 18.1 Å². The van der Waals surface area contributed by atoms with Gasteiger partial charge in [-0.3, -0.25) is 9.59 Å². The predicted molar refractivity (Wildman–Crippen MR) is 97.2 cm³/mol. The van der Waals surface area contributed by atoms with E-state index in [1.807, 2.05) is 12.1 Å². The van der Waals surface area contributed by atoms with Gasteiger partial charge in [0.25, 0.3) is 0 Å². The maximum Gasteiger partial charge on any atom is 0.409 e. The van der Waals surface area contributed by atoms with Crippen LogP contribution in [0.5, 0.6) is 0 Å². The molecular formula is C21H21NO4.